The van der Waals surface area contributed by atoms with Crippen LogP contribution in [0.1, 0.15) is 16.2 Å². The Hall–Kier alpha value is -1.36. The van der Waals surface area contributed by atoms with Gasteiger partial charge in [-0.15, -0.1) is 12.4 Å². The van der Waals surface area contributed by atoms with Gasteiger partial charge in [0.05, 0.1) is 10.0 Å². The van der Waals surface area contributed by atoms with E-state index >= 15 is 0 Å². The van der Waals surface area contributed by atoms with Crippen molar-refractivity contribution in [1.29, 1.82) is 0 Å². The van der Waals surface area contributed by atoms with Gasteiger partial charge in [-0.3, -0.25) is 4.79 Å². The number of aromatic nitrogens is 2. The van der Waals surface area contributed by atoms with Gasteiger partial charge in [0, 0.05) is 11.3 Å². The van der Waals surface area contributed by atoms with Crippen LogP contribution in [-0.2, 0) is 0 Å². The molecule has 0 aliphatic carbocycles. The maximum absolute atomic E-state index is 11.2. The first-order valence-corrected chi connectivity index (χ1v) is 5.84. The summed E-state index contributed by atoms with van der Waals surface area (Å²) in [5, 5.41) is 0.750. The van der Waals surface area contributed by atoms with Gasteiger partial charge in [0.1, 0.15) is 5.69 Å². The van der Waals surface area contributed by atoms with Gasteiger partial charge < -0.3 is 5.73 Å². The van der Waals surface area contributed by atoms with Crippen LogP contribution in [0.3, 0.4) is 0 Å². The van der Waals surface area contributed by atoms with E-state index < -0.39 is 5.91 Å². The summed E-state index contributed by atoms with van der Waals surface area (Å²) in [5.41, 5.74) is 6.55. The van der Waals surface area contributed by atoms with Gasteiger partial charge in [0.15, 0.2) is 5.82 Å². The van der Waals surface area contributed by atoms with Crippen LogP contribution >= 0.6 is 35.6 Å². The second-order valence-electron chi connectivity index (χ2n) is 3.68. The Bertz CT molecular complexity index is 632. The average Bonchev–Trinajstić information content (AvgIpc) is 2.31. The van der Waals surface area contributed by atoms with Crippen molar-refractivity contribution < 1.29 is 4.79 Å². The number of hydrogen-bond donors (Lipinski definition) is 1. The quantitative estimate of drug-likeness (QED) is 0.924. The molecule has 0 aliphatic rings. The van der Waals surface area contributed by atoms with Crippen LogP contribution < -0.4 is 5.73 Å². The first-order chi connectivity index (χ1) is 8.49. The maximum atomic E-state index is 11.2. The second kappa shape index (κ2) is 6.19. The Balaban J connectivity index is 0.00000180. The molecule has 2 N–H and O–H groups in total. The first-order valence-electron chi connectivity index (χ1n) is 5.09. The smallest absolute Gasteiger partial charge is 0.267 e. The zero-order chi connectivity index (χ0) is 13.3. The SMILES string of the molecule is Cc1cc(C(N)=O)nc(-c2cccc(Cl)c2Cl)n1.Cl. The predicted molar refractivity (Wildman–Crippen MR) is 78.0 cm³/mol. The number of hydrogen-bond acceptors (Lipinski definition) is 3. The average molecular weight is 319 g/mol. The molecule has 0 atom stereocenters. The van der Waals surface area contributed by atoms with Crippen molar-refractivity contribution in [3.63, 3.8) is 0 Å². The molecule has 0 aliphatic heterocycles. The van der Waals surface area contributed by atoms with E-state index in [4.69, 9.17) is 28.9 Å². The third-order valence-corrected chi connectivity index (χ3v) is 3.12. The number of nitrogens with two attached hydrogens (primary N) is 1. The second-order valence-corrected chi connectivity index (χ2v) is 4.47. The van der Waals surface area contributed by atoms with E-state index in [0.717, 1.165) is 0 Å². The molecule has 1 aromatic heterocycles. The van der Waals surface area contributed by atoms with E-state index in [0.29, 0.717) is 27.1 Å². The Morgan fingerprint density at radius 2 is 1.95 bits per heavy atom. The van der Waals surface area contributed by atoms with E-state index in [1.807, 2.05) is 0 Å². The highest BCUT2D eigenvalue weighted by Gasteiger charge is 2.12. The van der Waals surface area contributed by atoms with Crippen molar-refractivity contribution in [2.24, 2.45) is 5.73 Å². The minimum atomic E-state index is -0.611. The van der Waals surface area contributed by atoms with E-state index in [1.54, 1.807) is 25.1 Å². The molecule has 0 radical (unpaired) electrons. The lowest BCUT2D eigenvalue weighted by Gasteiger charge is -2.06. The Morgan fingerprint density at radius 1 is 1.26 bits per heavy atom. The fourth-order valence-corrected chi connectivity index (χ4v) is 1.88. The van der Waals surface area contributed by atoms with Gasteiger partial charge in [-0.25, -0.2) is 9.97 Å². The van der Waals surface area contributed by atoms with Crippen LogP contribution in [-0.4, -0.2) is 15.9 Å². The van der Waals surface area contributed by atoms with E-state index in [1.165, 1.54) is 6.07 Å². The van der Waals surface area contributed by atoms with Crippen LogP contribution in [0.4, 0.5) is 0 Å². The molecular formula is C12H10Cl3N3O. The van der Waals surface area contributed by atoms with Gasteiger partial charge in [0.25, 0.3) is 5.91 Å². The molecule has 0 unspecified atom stereocenters. The monoisotopic (exact) mass is 317 g/mol. The van der Waals surface area contributed by atoms with Gasteiger partial charge in [-0.2, -0.15) is 0 Å². The molecule has 0 saturated heterocycles. The highest BCUT2D eigenvalue weighted by Crippen LogP contribution is 2.31. The van der Waals surface area contributed by atoms with E-state index in [2.05, 4.69) is 9.97 Å². The van der Waals surface area contributed by atoms with Crippen molar-refractivity contribution in [2.45, 2.75) is 6.92 Å². The van der Waals surface area contributed by atoms with Crippen LogP contribution in [0.5, 0.6) is 0 Å². The number of carbonyl (C=O) groups excluding carboxylic acids is 1. The number of nitrogens with zero attached hydrogens (tertiary/aromatic N) is 2. The largest absolute Gasteiger partial charge is 0.364 e. The minimum absolute atomic E-state index is 0. The van der Waals surface area contributed by atoms with E-state index in [-0.39, 0.29) is 18.1 Å². The zero-order valence-corrected chi connectivity index (χ0v) is 12.2. The summed E-state index contributed by atoms with van der Waals surface area (Å²) in [6, 6.07) is 6.65. The maximum Gasteiger partial charge on any atom is 0.267 e. The third-order valence-electron chi connectivity index (χ3n) is 2.30. The standard InChI is InChI=1S/C12H9Cl2N3O.ClH/c1-6-5-9(11(15)18)17-12(16-6)7-3-2-4-8(13)10(7)14;/h2-5H,1H3,(H2,15,18);1H. The molecule has 2 rings (SSSR count). The molecule has 7 heteroatoms. The Morgan fingerprint density at radius 3 is 2.58 bits per heavy atom. The Labute approximate surface area is 126 Å². The lowest BCUT2D eigenvalue weighted by Crippen LogP contribution is -2.14. The molecule has 1 aromatic carbocycles. The minimum Gasteiger partial charge on any atom is -0.364 e. The molecule has 1 heterocycles. The van der Waals surface area contributed by atoms with Gasteiger partial charge >= 0.3 is 0 Å². The topological polar surface area (TPSA) is 68.9 Å². The van der Waals surface area contributed by atoms with Crippen LogP contribution in [0.25, 0.3) is 11.4 Å². The van der Waals surface area contributed by atoms with Crippen LogP contribution in [0, 0.1) is 6.92 Å². The molecule has 0 fully saturated rings. The number of rotatable bonds is 2. The summed E-state index contributed by atoms with van der Waals surface area (Å²) in [4.78, 5) is 19.5. The van der Waals surface area contributed by atoms with Gasteiger partial charge in [-0.05, 0) is 25.1 Å². The highest BCUT2D eigenvalue weighted by atomic mass is 35.5. The molecule has 4 nitrogen and oxygen atoms in total. The van der Waals surface area contributed by atoms with Crippen LogP contribution in [0.2, 0.25) is 10.0 Å². The van der Waals surface area contributed by atoms with Crippen molar-refractivity contribution in [3.8, 4) is 11.4 Å². The van der Waals surface area contributed by atoms with Crippen molar-refractivity contribution in [2.75, 3.05) is 0 Å². The molecule has 100 valence electrons. The van der Waals surface area contributed by atoms with Crippen molar-refractivity contribution >= 4 is 41.5 Å². The summed E-state index contributed by atoms with van der Waals surface area (Å²) >= 11 is 12.0. The summed E-state index contributed by atoms with van der Waals surface area (Å²) < 4.78 is 0. The summed E-state index contributed by atoms with van der Waals surface area (Å²) in [5.74, 6) is -0.281. The normalized spacial score (nSPS) is 9.84. The third kappa shape index (κ3) is 3.35. The molecule has 0 saturated carbocycles. The number of halogens is 3. The Kier molecular flexibility index (Phi) is 5.11. The molecule has 1 amide bonds. The summed E-state index contributed by atoms with van der Waals surface area (Å²) in [6.07, 6.45) is 0. The molecule has 19 heavy (non-hydrogen) atoms. The molecule has 0 spiro atoms. The van der Waals surface area contributed by atoms with Gasteiger partial charge in [-0.1, -0.05) is 29.3 Å². The predicted octanol–water partition coefficient (Wildman–Crippen LogP) is 3.28. The van der Waals surface area contributed by atoms with E-state index in [9.17, 15) is 4.79 Å². The number of carbonyl (C=O) groups is 1. The first kappa shape index (κ1) is 15.7. The number of aryl methyl sites for hydroxylation is 1. The zero-order valence-electron chi connectivity index (χ0n) is 9.85. The van der Waals surface area contributed by atoms with Crippen molar-refractivity contribution in [1.82, 2.24) is 9.97 Å². The lowest BCUT2D eigenvalue weighted by atomic mass is 10.2. The van der Waals surface area contributed by atoms with Crippen molar-refractivity contribution in [3.05, 3.63) is 45.7 Å². The summed E-state index contributed by atoms with van der Waals surface area (Å²) in [6.45, 7) is 1.75. The number of benzene rings is 1. The fraction of sp³-hybridized carbons (Fsp3) is 0.0833. The highest BCUT2D eigenvalue weighted by molar-refractivity contribution is 6.43. The molecular weight excluding hydrogens is 309 g/mol. The lowest BCUT2D eigenvalue weighted by molar-refractivity contribution is 0.0995. The summed E-state index contributed by atoms with van der Waals surface area (Å²) in [7, 11) is 0. The van der Waals surface area contributed by atoms with Gasteiger partial charge in [0.2, 0.25) is 0 Å². The molecule has 0 bridgehead atoms. The number of primary amides is 1. The molecule has 2 aromatic rings. The number of amides is 1. The fourth-order valence-electron chi connectivity index (χ4n) is 1.49. The van der Waals surface area contributed by atoms with Crippen LogP contribution in [0.15, 0.2) is 24.3 Å².